The predicted molar refractivity (Wildman–Crippen MR) is 109 cm³/mol. The molecule has 0 bridgehead atoms. The Balaban J connectivity index is 1.60. The third kappa shape index (κ3) is 3.12. The van der Waals surface area contributed by atoms with Crippen molar-refractivity contribution in [2.45, 2.75) is 45.2 Å². The van der Waals surface area contributed by atoms with Crippen LogP contribution in [0.15, 0.2) is 48.8 Å². The van der Waals surface area contributed by atoms with Gasteiger partial charge >= 0.3 is 0 Å². The van der Waals surface area contributed by atoms with Gasteiger partial charge in [-0.3, -0.25) is 9.78 Å². The molecule has 1 saturated carbocycles. The van der Waals surface area contributed by atoms with Gasteiger partial charge in [0.25, 0.3) is 5.91 Å². The Kier molecular flexibility index (Phi) is 4.42. The van der Waals surface area contributed by atoms with E-state index in [1.165, 1.54) is 0 Å². The first-order valence-corrected chi connectivity index (χ1v) is 10.0. The molecule has 7 heteroatoms. The Bertz CT molecular complexity index is 1180. The Morgan fingerprint density at radius 1 is 1.17 bits per heavy atom. The van der Waals surface area contributed by atoms with Gasteiger partial charge in [-0.15, -0.1) is 5.10 Å². The van der Waals surface area contributed by atoms with E-state index >= 15 is 0 Å². The number of para-hydroxylation sites is 1. The molecule has 0 saturated heterocycles. The fraction of sp³-hybridized carbons (Fsp3) is 0.318. The van der Waals surface area contributed by atoms with Crippen molar-refractivity contribution in [1.29, 1.82) is 0 Å². The van der Waals surface area contributed by atoms with Gasteiger partial charge in [-0.05, 0) is 54.0 Å². The van der Waals surface area contributed by atoms with E-state index in [4.69, 9.17) is 0 Å². The summed E-state index contributed by atoms with van der Waals surface area (Å²) in [6, 6.07) is 12.1. The standard InChI is InChI=1S/C22H22N6O/c1-15-5-4-6-17-13-18(21-24-25-26-28(21)20(15)17)14-27(19-7-2-3-8-19)22(29)16-9-11-23-12-10-16/h4-6,9-13,19H,2-3,7-8,14H2,1H3. The van der Waals surface area contributed by atoms with E-state index in [9.17, 15) is 4.79 Å². The monoisotopic (exact) mass is 386 g/mol. The number of tetrazole rings is 1. The molecule has 29 heavy (non-hydrogen) atoms. The van der Waals surface area contributed by atoms with Crippen LogP contribution in [-0.2, 0) is 6.54 Å². The Labute approximate surface area is 168 Å². The Morgan fingerprint density at radius 3 is 2.76 bits per heavy atom. The highest BCUT2D eigenvalue weighted by Crippen LogP contribution is 2.29. The number of rotatable bonds is 4. The smallest absolute Gasteiger partial charge is 0.254 e. The van der Waals surface area contributed by atoms with E-state index in [1.807, 2.05) is 11.0 Å². The number of fused-ring (bicyclic) bond motifs is 3. The lowest BCUT2D eigenvalue weighted by atomic mass is 10.1. The summed E-state index contributed by atoms with van der Waals surface area (Å²) in [6.45, 7) is 2.54. The number of nitrogens with zero attached hydrogens (tertiary/aromatic N) is 6. The highest BCUT2D eigenvalue weighted by molar-refractivity contribution is 5.94. The molecule has 0 N–H and O–H groups in total. The topological polar surface area (TPSA) is 76.3 Å². The zero-order chi connectivity index (χ0) is 19.8. The molecule has 0 unspecified atom stereocenters. The molecule has 0 aliphatic heterocycles. The van der Waals surface area contributed by atoms with Gasteiger partial charge < -0.3 is 4.90 Å². The van der Waals surface area contributed by atoms with Crippen molar-refractivity contribution >= 4 is 22.5 Å². The number of amides is 1. The number of benzene rings is 1. The summed E-state index contributed by atoms with van der Waals surface area (Å²) in [5.41, 5.74) is 4.45. The fourth-order valence-electron chi connectivity index (χ4n) is 4.42. The van der Waals surface area contributed by atoms with Gasteiger partial charge in [0.15, 0.2) is 5.65 Å². The van der Waals surface area contributed by atoms with E-state index in [0.717, 1.165) is 47.7 Å². The number of aryl methyl sites for hydroxylation is 1. The van der Waals surface area contributed by atoms with Gasteiger partial charge in [0.2, 0.25) is 0 Å². The highest BCUT2D eigenvalue weighted by Gasteiger charge is 2.28. The first kappa shape index (κ1) is 17.7. The minimum Gasteiger partial charge on any atom is -0.331 e. The molecule has 0 spiro atoms. The average Bonchev–Trinajstić information content (AvgIpc) is 3.44. The lowest BCUT2D eigenvalue weighted by Crippen LogP contribution is -2.38. The first-order valence-electron chi connectivity index (χ1n) is 10.0. The molecule has 1 amide bonds. The molecule has 3 aromatic heterocycles. The number of hydrogen-bond donors (Lipinski definition) is 0. The van der Waals surface area contributed by atoms with Crippen LogP contribution in [0.4, 0.5) is 0 Å². The molecule has 1 aromatic carbocycles. The summed E-state index contributed by atoms with van der Waals surface area (Å²) in [4.78, 5) is 19.4. The largest absolute Gasteiger partial charge is 0.331 e. The van der Waals surface area contributed by atoms with Crippen LogP contribution >= 0.6 is 0 Å². The van der Waals surface area contributed by atoms with Crippen molar-refractivity contribution in [3.05, 3.63) is 65.5 Å². The van der Waals surface area contributed by atoms with E-state index in [2.05, 4.69) is 45.6 Å². The number of aromatic nitrogens is 5. The molecule has 4 aromatic rings. The van der Waals surface area contributed by atoms with E-state index < -0.39 is 0 Å². The van der Waals surface area contributed by atoms with Crippen LogP contribution in [0, 0.1) is 6.92 Å². The van der Waals surface area contributed by atoms with Crippen molar-refractivity contribution in [1.82, 2.24) is 29.9 Å². The molecule has 3 heterocycles. The van der Waals surface area contributed by atoms with E-state index in [-0.39, 0.29) is 11.9 Å². The summed E-state index contributed by atoms with van der Waals surface area (Å²) in [6.07, 6.45) is 7.71. The summed E-state index contributed by atoms with van der Waals surface area (Å²) in [5, 5.41) is 13.5. The third-order valence-corrected chi connectivity index (χ3v) is 5.86. The maximum atomic E-state index is 13.4. The Morgan fingerprint density at radius 2 is 1.97 bits per heavy atom. The second kappa shape index (κ2) is 7.24. The molecule has 146 valence electrons. The maximum absolute atomic E-state index is 13.4. The van der Waals surface area contributed by atoms with Crippen molar-refractivity contribution < 1.29 is 4.79 Å². The minimum atomic E-state index is 0.0364. The highest BCUT2D eigenvalue weighted by atomic mass is 16.2. The SMILES string of the molecule is Cc1cccc2cc(CN(C(=O)c3ccncc3)C3CCCC3)c3nnnn3c12. The normalized spacial score (nSPS) is 14.7. The van der Waals surface area contributed by atoms with Crippen molar-refractivity contribution in [2.24, 2.45) is 0 Å². The van der Waals surface area contributed by atoms with Gasteiger partial charge in [-0.1, -0.05) is 31.0 Å². The molecule has 1 fully saturated rings. The van der Waals surface area contributed by atoms with Crippen LogP contribution < -0.4 is 0 Å². The van der Waals surface area contributed by atoms with Gasteiger partial charge in [-0.2, -0.15) is 4.52 Å². The molecular weight excluding hydrogens is 364 g/mol. The van der Waals surface area contributed by atoms with Gasteiger partial charge in [0.05, 0.1) is 12.1 Å². The van der Waals surface area contributed by atoms with Crippen molar-refractivity contribution in [3.63, 3.8) is 0 Å². The predicted octanol–water partition coefficient (Wildman–Crippen LogP) is 3.57. The van der Waals surface area contributed by atoms with Gasteiger partial charge in [-0.25, -0.2) is 0 Å². The summed E-state index contributed by atoms with van der Waals surface area (Å²) in [7, 11) is 0. The van der Waals surface area contributed by atoms with Crippen LogP contribution in [0.1, 0.15) is 47.2 Å². The van der Waals surface area contributed by atoms with Crippen LogP contribution in [-0.4, -0.2) is 41.9 Å². The van der Waals surface area contributed by atoms with Crippen molar-refractivity contribution in [2.75, 3.05) is 0 Å². The average molecular weight is 386 g/mol. The van der Waals surface area contributed by atoms with E-state index in [0.29, 0.717) is 17.8 Å². The molecular formula is C22H22N6O. The number of carbonyl (C=O) groups excluding carboxylic acids is 1. The van der Waals surface area contributed by atoms with Gasteiger partial charge in [0, 0.05) is 34.9 Å². The first-order chi connectivity index (χ1) is 14.2. The molecule has 5 rings (SSSR count). The van der Waals surface area contributed by atoms with Crippen LogP contribution in [0.5, 0.6) is 0 Å². The summed E-state index contributed by atoms with van der Waals surface area (Å²) in [5.74, 6) is 0.0364. The molecule has 1 aliphatic rings. The minimum absolute atomic E-state index is 0.0364. The van der Waals surface area contributed by atoms with Crippen LogP contribution in [0.3, 0.4) is 0 Å². The van der Waals surface area contributed by atoms with Gasteiger partial charge in [0.1, 0.15) is 0 Å². The van der Waals surface area contributed by atoms with Crippen molar-refractivity contribution in [3.8, 4) is 0 Å². The zero-order valence-corrected chi connectivity index (χ0v) is 16.3. The quantitative estimate of drug-likeness (QED) is 0.536. The summed E-state index contributed by atoms with van der Waals surface area (Å²) < 4.78 is 1.80. The second-order valence-electron chi connectivity index (χ2n) is 7.70. The summed E-state index contributed by atoms with van der Waals surface area (Å²) >= 11 is 0. The second-order valence-corrected chi connectivity index (χ2v) is 7.70. The lowest BCUT2D eigenvalue weighted by molar-refractivity contribution is 0.0665. The molecule has 0 atom stereocenters. The Hall–Kier alpha value is -3.35. The number of pyridine rings is 2. The van der Waals surface area contributed by atoms with Crippen LogP contribution in [0.25, 0.3) is 16.6 Å². The third-order valence-electron chi connectivity index (χ3n) is 5.86. The number of carbonyl (C=O) groups is 1. The molecule has 1 aliphatic carbocycles. The fourth-order valence-corrected chi connectivity index (χ4v) is 4.42. The number of hydrogen-bond acceptors (Lipinski definition) is 5. The molecule has 7 nitrogen and oxygen atoms in total. The van der Waals surface area contributed by atoms with E-state index in [1.54, 1.807) is 29.0 Å². The lowest BCUT2D eigenvalue weighted by Gasteiger charge is -2.29. The molecule has 0 radical (unpaired) electrons. The maximum Gasteiger partial charge on any atom is 0.254 e. The zero-order valence-electron chi connectivity index (χ0n) is 16.3. The van der Waals surface area contributed by atoms with Crippen LogP contribution in [0.2, 0.25) is 0 Å².